The van der Waals surface area contributed by atoms with E-state index in [-0.39, 0.29) is 23.7 Å². The summed E-state index contributed by atoms with van der Waals surface area (Å²) < 4.78 is 5.40. The van der Waals surface area contributed by atoms with Gasteiger partial charge in [-0.25, -0.2) is 9.78 Å². The second-order valence-corrected chi connectivity index (χ2v) is 6.27. The van der Waals surface area contributed by atoms with Gasteiger partial charge < -0.3 is 15.0 Å². The Morgan fingerprint density at radius 1 is 1.41 bits per heavy atom. The van der Waals surface area contributed by atoms with Crippen LogP contribution in [0.2, 0.25) is 0 Å². The number of aromatic nitrogens is 2. The smallest absolute Gasteiger partial charge is 0.410 e. The average molecular weight is 306 g/mol. The van der Waals surface area contributed by atoms with Crippen LogP contribution in [0.4, 0.5) is 4.79 Å². The van der Waals surface area contributed by atoms with Crippen LogP contribution in [0.25, 0.3) is 0 Å². The first-order valence-corrected chi connectivity index (χ1v) is 7.40. The van der Waals surface area contributed by atoms with Gasteiger partial charge >= 0.3 is 6.09 Å². The van der Waals surface area contributed by atoms with E-state index in [9.17, 15) is 9.59 Å². The second-order valence-electron chi connectivity index (χ2n) is 6.27. The highest BCUT2D eigenvalue weighted by molar-refractivity contribution is 5.91. The lowest BCUT2D eigenvalue weighted by molar-refractivity contribution is 0.0225. The summed E-state index contributed by atoms with van der Waals surface area (Å²) in [6.07, 6.45) is 5.82. The molecule has 1 aromatic rings. The maximum Gasteiger partial charge on any atom is 0.410 e. The number of hydrogen-bond donors (Lipinski definition) is 1. The molecule has 7 nitrogen and oxygen atoms in total. The molecule has 1 saturated heterocycles. The Balaban J connectivity index is 1.89. The van der Waals surface area contributed by atoms with Crippen LogP contribution in [0.15, 0.2) is 18.6 Å². The van der Waals surface area contributed by atoms with Crippen molar-refractivity contribution in [3.05, 3.63) is 24.3 Å². The van der Waals surface area contributed by atoms with Crippen LogP contribution in [-0.4, -0.2) is 51.6 Å². The van der Waals surface area contributed by atoms with Crippen molar-refractivity contribution in [2.45, 2.75) is 45.3 Å². The van der Waals surface area contributed by atoms with E-state index in [0.717, 1.165) is 12.8 Å². The monoisotopic (exact) mass is 306 g/mol. The van der Waals surface area contributed by atoms with Crippen molar-refractivity contribution >= 4 is 12.0 Å². The predicted octanol–water partition coefficient (Wildman–Crippen LogP) is 1.61. The molecule has 0 unspecified atom stereocenters. The van der Waals surface area contributed by atoms with Gasteiger partial charge in [0.05, 0.1) is 12.2 Å². The molecule has 0 aliphatic carbocycles. The van der Waals surface area contributed by atoms with Crippen LogP contribution in [-0.2, 0) is 4.74 Å². The molecule has 120 valence electrons. The fourth-order valence-electron chi connectivity index (χ4n) is 2.33. The summed E-state index contributed by atoms with van der Waals surface area (Å²) in [4.78, 5) is 33.6. The molecule has 0 aromatic carbocycles. The van der Waals surface area contributed by atoms with Crippen LogP contribution in [0.5, 0.6) is 0 Å². The minimum atomic E-state index is -0.521. The Morgan fingerprint density at radius 3 is 2.82 bits per heavy atom. The van der Waals surface area contributed by atoms with Gasteiger partial charge in [0.25, 0.3) is 5.91 Å². The van der Waals surface area contributed by atoms with Crippen LogP contribution < -0.4 is 5.32 Å². The van der Waals surface area contributed by atoms with E-state index in [2.05, 4.69) is 15.3 Å². The van der Waals surface area contributed by atoms with Crippen LogP contribution in [0.1, 0.15) is 44.1 Å². The van der Waals surface area contributed by atoms with Crippen molar-refractivity contribution < 1.29 is 14.3 Å². The molecular weight excluding hydrogens is 284 g/mol. The first kappa shape index (κ1) is 16.2. The molecule has 0 spiro atoms. The Kier molecular flexibility index (Phi) is 4.95. The summed E-state index contributed by atoms with van der Waals surface area (Å²) in [6, 6.07) is -0.0459. The number of rotatable bonds is 3. The highest BCUT2D eigenvalue weighted by atomic mass is 16.6. The number of nitrogens with zero attached hydrogens (tertiary/aromatic N) is 3. The van der Waals surface area contributed by atoms with Crippen LogP contribution in [0.3, 0.4) is 0 Å². The number of carbonyl (C=O) groups excluding carboxylic acids is 2. The molecule has 1 aromatic heterocycles. The van der Waals surface area contributed by atoms with E-state index in [4.69, 9.17) is 4.74 Å². The normalized spacial score (nSPS) is 18.1. The Labute approximate surface area is 130 Å². The second kappa shape index (κ2) is 6.72. The first-order chi connectivity index (χ1) is 10.4. The standard InChI is InChI=1S/C15H22N4O3/c1-15(2,3)22-14(21)19-8-4-5-11(19)9-18-13(20)12-10-16-6-7-17-12/h6-7,10-11H,4-5,8-9H2,1-3H3,(H,18,20)/t11-/m0/s1. The Hall–Kier alpha value is -2.18. The fourth-order valence-corrected chi connectivity index (χ4v) is 2.33. The first-order valence-electron chi connectivity index (χ1n) is 7.40. The van der Waals surface area contributed by atoms with E-state index in [1.165, 1.54) is 18.6 Å². The molecule has 0 saturated carbocycles. The van der Waals surface area contributed by atoms with E-state index in [0.29, 0.717) is 13.1 Å². The molecule has 0 bridgehead atoms. The lowest BCUT2D eigenvalue weighted by Gasteiger charge is -2.28. The third-order valence-electron chi connectivity index (χ3n) is 3.30. The SMILES string of the molecule is CC(C)(C)OC(=O)N1CCC[C@H]1CNC(=O)c1cnccn1. The highest BCUT2D eigenvalue weighted by Crippen LogP contribution is 2.20. The fraction of sp³-hybridized carbons (Fsp3) is 0.600. The molecular formula is C15H22N4O3. The van der Waals surface area contributed by atoms with Crippen LogP contribution in [0, 0.1) is 0 Å². The van der Waals surface area contributed by atoms with Crippen molar-refractivity contribution in [2.75, 3.05) is 13.1 Å². The molecule has 2 rings (SSSR count). The van der Waals surface area contributed by atoms with Gasteiger partial charge in [0.1, 0.15) is 11.3 Å². The molecule has 1 atom stereocenters. The Bertz CT molecular complexity index is 527. The summed E-state index contributed by atoms with van der Waals surface area (Å²) in [7, 11) is 0. The molecule has 1 aliphatic rings. The number of carbonyl (C=O) groups is 2. The van der Waals surface area contributed by atoms with Crippen molar-refractivity contribution in [3.63, 3.8) is 0 Å². The van der Waals surface area contributed by atoms with Crippen LogP contribution >= 0.6 is 0 Å². The lowest BCUT2D eigenvalue weighted by Crippen LogP contribution is -2.45. The number of ether oxygens (including phenoxy) is 1. The molecule has 2 heterocycles. The predicted molar refractivity (Wildman–Crippen MR) is 80.3 cm³/mol. The average Bonchev–Trinajstić information content (AvgIpc) is 2.92. The molecule has 1 fully saturated rings. The zero-order chi connectivity index (χ0) is 16.2. The van der Waals surface area contributed by atoms with Gasteiger partial charge in [0.2, 0.25) is 0 Å². The third kappa shape index (κ3) is 4.41. The van der Waals surface area contributed by atoms with Crippen molar-refractivity contribution in [1.82, 2.24) is 20.2 Å². The van der Waals surface area contributed by atoms with E-state index in [1.807, 2.05) is 20.8 Å². The number of nitrogens with one attached hydrogen (secondary N) is 1. The summed E-state index contributed by atoms with van der Waals surface area (Å²) >= 11 is 0. The van der Waals surface area contributed by atoms with Gasteiger partial charge in [-0.05, 0) is 33.6 Å². The highest BCUT2D eigenvalue weighted by Gasteiger charge is 2.32. The van der Waals surface area contributed by atoms with Gasteiger partial charge in [0, 0.05) is 25.5 Å². The van der Waals surface area contributed by atoms with Crippen molar-refractivity contribution in [1.29, 1.82) is 0 Å². The maximum atomic E-state index is 12.2. The van der Waals surface area contributed by atoms with Crippen molar-refractivity contribution in [3.8, 4) is 0 Å². The molecule has 22 heavy (non-hydrogen) atoms. The number of hydrogen-bond acceptors (Lipinski definition) is 5. The molecule has 2 amide bonds. The van der Waals surface area contributed by atoms with Gasteiger partial charge in [0.15, 0.2) is 0 Å². The topological polar surface area (TPSA) is 84.4 Å². The third-order valence-corrected chi connectivity index (χ3v) is 3.30. The lowest BCUT2D eigenvalue weighted by atomic mass is 10.2. The molecule has 1 N–H and O–H groups in total. The summed E-state index contributed by atoms with van der Waals surface area (Å²) in [6.45, 7) is 6.55. The van der Waals surface area contributed by atoms with Crippen molar-refractivity contribution in [2.24, 2.45) is 0 Å². The van der Waals surface area contributed by atoms with Gasteiger partial charge in [-0.15, -0.1) is 0 Å². The summed E-state index contributed by atoms with van der Waals surface area (Å²) in [5, 5.41) is 2.80. The van der Waals surface area contributed by atoms with E-state index < -0.39 is 5.60 Å². The summed E-state index contributed by atoms with van der Waals surface area (Å²) in [5.41, 5.74) is -0.253. The quantitative estimate of drug-likeness (QED) is 0.917. The van der Waals surface area contributed by atoms with Gasteiger partial charge in [-0.1, -0.05) is 0 Å². The van der Waals surface area contributed by atoms with Gasteiger partial charge in [-0.2, -0.15) is 0 Å². The molecule has 1 aliphatic heterocycles. The Morgan fingerprint density at radius 2 is 2.18 bits per heavy atom. The maximum absolute atomic E-state index is 12.2. The zero-order valence-corrected chi connectivity index (χ0v) is 13.2. The molecule has 0 radical (unpaired) electrons. The number of amides is 2. The number of likely N-dealkylation sites (tertiary alicyclic amines) is 1. The molecule has 7 heteroatoms. The largest absolute Gasteiger partial charge is 0.444 e. The van der Waals surface area contributed by atoms with E-state index in [1.54, 1.807) is 4.90 Å². The minimum Gasteiger partial charge on any atom is -0.444 e. The zero-order valence-electron chi connectivity index (χ0n) is 13.2. The minimum absolute atomic E-state index is 0.0459. The van der Waals surface area contributed by atoms with Gasteiger partial charge in [-0.3, -0.25) is 9.78 Å². The summed E-state index contributed by atoms with van der Waals surface area (Å²) in [5.74, 6) is -0.288. The van der Waals surface area contributed by atoms with E-state index >= 15 is 0 Å².